The minimum absolute atomic E-state index is 0.217. The summed E-state index contributed by atoms with van der Waals surface area (Å²) >= 11 is 0. The Labute approximate surface area is 153 Å². The van der Waals surface area contributed by atoms with Gasteiger partial charge in [-0.15, -0.1) is 0 Å². The van der Waals surface area contributed by atoms with Gasteiger partial charge >= 0.3 is 6.09 Å². The van der Waals surface area contributed by atoms with Gasteiger partial charge in [0.25, 0.3) is 5.91 Å². The Bertz CT molecular complexity index is 754. The number of hydrogen-bond acceptors (Lipinski definition) is 5. The maximum atomic E-state index is 12.2. The number of aromatic nitrogens is 1. The molecule has 0 fully saturated rings. The second kappa shape index (κ2) is 8.03. The Morgan fingerprint density at radius 1 is 1.08 bits per heavy atom. The summed E-state index contributed by atoms with van der Waals surface area (Å²) in [5.41, 5.74) is 1.67. The molecule has 2 amide bonds. The number of ether oxygens (including phenoxy) is 1. The Balaban J connectivity index is 1.84. The molecular formula is C19H25N3O4. The maximum absolute atomic E-state index is 12.2. The highest BCUT2D eigenvalue weighted by atomic mass is 16.6. The van der Waals surface area contributed by atoms with E-state index in [1.54, 1.807) is 45.0 Å². The number of nitrogens with zero attached hydrogens (tertiary/aromatic N) is 1. The summed E-state index contributed by atoms with van der Waals surface area (Å²) in [4.78, 5) is 28.0. The zero-order valence-electron chi connectivity index (χ0n) is 15.8. The van der Waals surface area contributed by atoms with Crippen molar-refractivity contribution < 1.29 is 18.7 Å². The number of carbonyl (C=O) groups excluding carboxylic acids is 2. The van der Waals surface area contributed by atoms with Crippen molar-refractivity contribution in [1.82, 2.24) is 15.6 Å². The Morgan fingerprint density at radius 2 is 1.73 bits per heavy atom. The number of carbonyl (C=O) groups is 2. The van der Waals surface area contributed by atoms with E-state index in [-0.39, 0.29) is 12.5 Å². The van der Waals surface area contributed by atoms with Crippen LogP contribution in [0.1, 0.15) is 54.0 Å². The van der Waals surface area contributed by atoms with Crippen LogP contribution in [0.15, 0.2) is 28.7 Å². The van der Waals surface area contributed by atoms with Gasteiger partial charge in [0.1, 0.15) is 11.4 Å². The monoisotopic (exact) mass is 359 g/mol. The van der Waals surface area contributed by atoms with Crippen molar-refractivity contribution in [2.24, 2.45) is 0 Å². The molecule has 2 aromatic rings. The van der Waals surface area contributed by atoms with Gasteiger partial charge in [0.15, 0.2) is 0 Å². The molecule has 0 aliphatic heterocycles. The molecule has 0 unspecified atom stereocenters. The first-order valence-electron chi connectivity index (χ1n) is 8.41. The van der Waals surface area contributed by atoms with E-state index in [4.69, 9.17) is 9.15 Å². The molecule has 0 spiro atoms. The van der Waals surface area contributed by atoms with Crippen LogP contribution in [0.4, 0.5) is 4.79 Å². The Hall–Kier alpha value is -2.83. The molecule has 0 radical (unpaired) electrons. The molecule has 7 heteroatoms. The minimum atomic E-state index is -0.536. The SMILES string of the molecule is Cc1nc(CNC(=O)c2ccc(CNC(=O)OC(C)(C)C)cc2)oc1C. The fourth-order valence-corrected chi connectivity index (χ4v) is 2.14. The normalized spacial score (nSPS) is 11.1. The van der Waals surface area contributed by atoms with Crippen molar-refractivity contribution in [1.29, 1.82) is 0 Å². The van der Waals surface area contributed by atoms with Crippen LogP contribution in [0.5, 0.6) is 0 Å². The van der Waals surface area contributed by atoms with Crippen LogP contribution in [-0.4, -0.2) is 22.6 Å². The van der Waals surface area contributed by atoms with E-state index in [1.165, 1.54) is 0 Å². The average molecular weight is 359 g/mol. The summed E-state index contributed by atoms with van der Waals surface area (Å²) in [5.74, 6) is 1.01. The van der Waals surface area contributed by atoms with Gasteiger partial charge in [0, 0.05) is 12.1 Å². The largest absolute Gasteiger partial charge is 0.444 e. The van der Waals surface area contributed by atoms with Crippen molar-refractivity contribution in [2.45, 2.75) is 53.3 Å². The first-order chi connectivity index (χ1) is 12.1. The zero-order chi connectivity index (χ0) is 19.3. The van der Waals surface area contributed by atoms with Crippen LogP contribution in [0.3, 0.4) is 0 Å². The molecule has 1 aromatic carbocycles. The molecule has 26 heavy (non-hydrogen) atoms. The van der Waals surface area contributed by atoms with Crippen LogP contribution in [0, 0.1) is 13.8 Å². The van der Waals surface area contributed by atoms with Crippen LogP contribution in [0.2, 0.25) is 0 Å². The average Bonchev–Trinajstić information content (AvgIpc) is 2.88. The minimum Gasteiger partial charge on any atom is -0.444 e. The molecule has 0 saturated carbocycles. The van der Waals surface area contributed by atoms with Crippen molar-refractivity contribution in [3.63, 3.8) is 0 Å². The fraction of sp³-hybridized carbons (Fsp3) is 0.421. The van der Waals surface area contributed by atoms with Crippen molar-refractivity contribution in [3.8, 4) is 0 Å². The number of benzene rings is 1. The Morgan fingerprint density at radius 3 is 2.27 bits per heavy atom. The molecule has 0 aliphatic rings. The predicted molar refractivity (Wildman–Crippen MR) is 96.7 cm³/mol. The summed E-state index contributed by atoms with van der Waals surface area (Å²) in [6.07, 6.45) is -0.476. The van der Waals surface area contributed by atoms with Gasteiger partial charge in [0.2, 0.25) is 5.89 Å². The van der Waals surface area contributed by atoms with Gasteiger partial charge in [-0.25, -0.2) is 9.78 Å². The summed E-state index contributed by atoms with van der Waals surface area (Å²) in [6.45, 7) is 9.66. The number of rotatable bonds is 5. The van der Waals surface area contributed by atoms with E-state index in [9.17, 15) is 9.59 Å². The molecule has 2 N–H and O–H groups in total. The third-order valence-corrected chi connectivity index (χ3v) is 3.52. The zero-order valence-corrected chi connectivity index (χ0v) is 15.8. The lowest BCUT2D eigenvalue weighted by Crippen LogP contribution is -2.32. The molecular weight excluding hydrogens is 334 g/mol. The van der Waals surface area contributed by atoms with E-state index in [2.05, 4.69) is 15.6 Å². The molecule has 0 bridgehead atoms. The first-order valence-corrected chi connectivity index (χ1v) is 8.41. The lowest BCUT2D eigenvalue weighted by Gasteiger charge is -2.19. The summed E-state index contributed by atoms with van der Waals surface area (Å²) < 4.78 is 10.6. The lowest BCUT2D eigenvalue weighted by atomic mass is 10.1. The van der Waals surface area contributed by atoms with E-state index in [0.29, 0.717) is 18.0 Å². The molecule has 7 nitrogen and oxygen atoms in total. The topological polar surface area (TPSA) is 93.5 Å². The van der Waals surface area contributed by atoms with Gasteiger partial charge in [-0.05, 0) is 52.3 Å². The molecule has 2 rings (SSSR count). The molecule has 0 atom stereocenters. The lowest BCUT2D eigenvalue weighted by molar-refractivity contribution is 0.0523. The predicted octanol–water partition coefficient (Wildman–Crippen LogP) is 3.25. The van der Waals surface area contributed by atoms with Gasteiger partial charge in [-0.2, -0.15) is 0 Å². The number of aryl methyl sites for hydroxylation is 2. The highest BCUT2D eigenvalue weighted by molar-refractivity contribution is 5.94. The van der Waals surface area contributed by atoms with Crippen molar-refractivity contribution in [3.05, 3.63) is 52.7 Å². The second-order valence-electron chi connectivity index (χ2n) is 6.98. The van der Waals surface area contributed by atoms with Crippen molar-refractivity contribution >= 4 is 12.0 Å². The molecule has 140 valence electrons. The second-order valence-corrected chi connectivity index (χ2v) is 6.98. The molecule has 1 heterocycles. The van der Waals surface area contributed by atoms with Crippen LogP contribution in [-0.2, 0) is 17.8 Å². The smallest absolute Gasteiger partial charge is 0.407 e. The Kier molecular flexibility index (Phi) is 6.02. The van der Waals surface area contributed by atoms with Gasteiger partial charge < -0.3 is 19.8 Å². The fourth-order valence-electron chi connectivity index (χ4n) is 2.14. The van der Waals surface area contributed by atoms with E-state index in [0.717, 1.165) is 17.0 Å². The van der Waals surface area contributed by atoms with Crippen molar-refractivity contribution in [2.75, 3.05) is 0 Å². The molecule has 0 saturated heterocycles. The quantitative estimate of drug-likeness (QED) is 0.855. The summed E-state index contributed by atoms with van der Waals surface area (Å²) in [6, 6.07) is 6.97. The van der Waals surface area contributed by atoms with E-state index in [1.807, 2.05) is 13.8 Å². The standard InChI is InChI=1S/C19H25N3O4/c1-12-13(2)25-16(22-12)11-20-17(23)15-8-6-14(7-9-15)10-21-18(24)26-19(3,4)5/h6-9H,10-11H2,1-5H3,(H,20,23)(H,21,24). The number of oxazole rings is 1. The van der Waals surface area contributed by atoms with Crippen LogP contribution >= 0.6 is 0 Å². The molecule has 0 aliphatic carbocycles. The maximum Gasteiger partial charge on any atom is 0.407 e. The number of alkyl carbamates (subject to hydrolysis) is 1. The van der Waals surface area contributed by atoms with Gasteiger partial charge in [-0.3, -0.25) is 4.79 Å². The van der Waals surface area contributed by atoms with Crippen LogP contribution < -0.4 is 10.6 Å². The molecule has 1 aromatic heterocycles. The third kappa shape index (κ3) is 5.91. The number of hydrogen-bond donors (Lipinski definition) is 2. The third-order valence-electron chi connectivity index (χ3n) is 3.52. The summed E-state index contributed by atoms with van der Waals surface area (Å²) in [5, 5.41) is 5.44. The van der Waals surface area contributed by atoms with Gasteiger partial charge in [0.05, 0.1) is 12.2 Å². The van der Waals surface area contributed by atoms with Crippen LogP contribution in [0.25, 0.3) is 0 Å². The highest BCUT2D eigenvalue weighted by Gasteiger charge is 2.15. The van der Waals surface area contributed by atoms with E-state index >= 15 is 0 Å². The number of amides is 2. The highest BCUT2D eigenvalue weighted by Crippen LogP contribution is 2.10. The summed E-state index contributed by atoms with van der Waals surface area (Å²) in [7, 11) is 0. The number of nitrogens with one attached hydrogen (secondary N) is 2. The first kappa shape index (κ1) is 19.5. The van der Waals surface area contributed by atoms with E-state index < -0.39 is 11.7 Å². The van der Waals surface area contributed by atoms with Gasteiger partial charge in [-0.1, -0.05) is 12.1 Å².